The summed E-state index contributed by atoms with van der Waals surface area (Å²) in [6, 6.07) is 16.0. The normalized spacial score (nSPS) is 10.4. The number of hydrogen-bond donors (Lipinski definition) is 2. The third-order valence-corrected chi connectivity index (χ3v) is 3.04. The van der Waals surface area contributed by atoms with E-state index in [2.05, 4.69) is 27.6 Å². The van der Waals surface area contributed by atoms with E-state index in [1.54, 1.807) is 12.7 Å². The topological polar surface area (TPSA) is 68.8 Å². The van der Waals surface area contributed by atoms with Gasteiger partial charge in [-0.2, -0.15) is 0 Å². The number of benzene rings is 2. The molecule has 5 nitrogen and oxygen atoms in total. The zero-order valence-corrected chi connectivity index (χ0v) is 10.9. The Bertz CT molecular complexity index is 677. The van der Waals surface area contributed by atoms with Crippen molar-refractivity contribution in [1.82, 2.24) is 14.8 Å². The molecule has 0 aliphatic carbocycles. The highest BCUT2D eigenvalue weighted by atomic mass is 15.2. The van der Waals surface area contributed by atoms with Crippen molar-refractivity contribution in [2.75, 3.05) is 11.1 Å². The molecule has 0 spiro atoms. The van der Waals surface area contributed by atoms with E-state index in [4.69, 9.17) is 5.73 Å². The molecule has 100 valence electrons. The van der Waals surface area contributed by atoms with Gasteiger partial charge in [0.05, 0.1) is 11.4 Å². The molecule has 3 rings (SSSR count). The van der Waals surface area contributed by atoms with Gasteiger partial charge >= 0.3 is 0 Å². The Hall–Kier alpha value is -2.82. The van der Waals surface area contributed by atoms with Crippen LogP contribution in [0.4, 0.5) is 11.4 Å². The van der Waals surface area contributed by atoms with Crippen LogP contribution in [0.1, 0.15) is 5.56 Å². The van der Waals surface area contributed by atoms with Crippen molar-refractivity contribution in [3.63, 3.8) is 0 Å². The number of rotatable bonds is 4. The molecular weight excluding hydrogens is 250 g/mol. The first kappa shape index (κ1) is 12.2. The van der Waals surface area contributed by atoms with Crippen molar-refractivity contribution >= 4 is 11.4 Å². The molecule has 0 aliphatic rings. The largest absolute Gasteiger partial charge is 0.399 e. The van der Waals surface area contributed by atoms with Crippen LogP contribution in [-0.2, 0) is 6.54 Å². The maximum Gasteiger partial charge on any atom is 0.123 e. The second kappa shape index (κ2) is 5.44. The van der Waals surface area contributed by atoms with Gasteiger partial charge in [-0.15, -0.1) is 10.2 Å². The van der Waals surface area contributed by atoms with Gasteiger partial charge in [0.25, 0.3) is 0 Å². The van der Waals surface area contributed by atoms with Gasteiger partial charge in [0, 0.05) is 12.2 Å². The highest BCUT2D eigenvalue weighted by Gasteiger charge is 2.05. The number of aromatic nitrogens is 3. The van der Waals surface area contributed by atoms with E-state index >= 15 is 0 Å². The second-order valence-electron chi connectivity index (χ2n) is 4.48. The molecule has 5 heteroatoms. The van der Waals surface area contributed by atoms with Crippen molar-refractivity contribution in [3.8, 4) is 5.69 Å². The summed E-state index contributed by atoms with van der Waals surface area (Å²) in [5, 5.41) is 11.1. The van der Waals surface area contributed by atoms with Crippen LogP contribution in [0, 0.1) is 0 Å². The Morgan fingerprint density at radius 3 is 2.50 bits per heavy atom. The van der Waals surface area contributed by atoms with Crippen molar-refractivity contribution < 1.29 is 0 Å². The van der Waals surface area contributed by atoms with Gasteiger partial charge < -0.3 is 11.1 Å². The number of nitrogen functional groups attached to an aromatic ring is 1. The van der Waals surface area contributed by atoms with Crippen LogP contribution >= 0.6 is 0 Å². The van der Waals surface area contributed by atoms with Crippen LogP contribution in [0.15, 0.2) is 61.2 Å². The Balaban J connectivity index is 1.86. The molecule has 0 saturated heterocycles. The average molecular weight is 265 g/mol. The first-order valence-electron chi connectivity index (χ1n) is 6.35. The highest BCUT2D eigenvalue weighted by molar-refractivity contribution is 5.66. The van der Waals surface area contributed by atoms with Gasteiger partial charge in [0.2, 0.25) is 0 Å². The summed E-state index contributed by atoms with van der Waals surface area (Å²) in [5.74, 6) is 0. The summed E-state index contributed by atoms with van der Waals surface area (Å²) in [5.41, 5.74) is 9.71. The van der Waals surface area contributed by atoms with Crippen molar-refractivity contribution in [2.24, 2.45) is 0 Å². The molecule has 0 atom stereocenters. The lowest BCUT2D eigenvalue weighted by Gasteiger charge is -2.13. The molecule has 0 saturated carbocycles. The minimum Gasteiger partial charge on any atom is -0.399 e. The highest BCUT2D eigenvalue weighted by Crippen LogP contribution is 2.23. The van der Waals surface area contributed by atoms with Crippen molar-refractivity contribution in [2.45, 2.75) is 6.54 Å². The summed E-state index contributed by atoms with van der Waals surface area (Å²) in [6.07, 6.45) is 3.31. The van der Waals surface area contributed by atoms with E-state index < -0.39 is 0 Å². The fourth-order valence-electron chi connectivity index (χ4n) is 2.03. The molecule has 1 heterocycles. The van der Waals surface area contributed by atoms with Crippen LogP contribution < -0.4 is 11.1 Å². The molecular formula is C15H15N5. The van der Waals surface area contributed by atoms with Crippen LogP contribution in [0.3, 0.4) is 0 Å². The van der Waals surface area contributed by atoms with E-state index in [0.717, 1.165) is 17.9 Å². The predicted molar refractivity (Wildman–Crippen MR) is 79.5 cm³/mol. The lowest BCUT2D eigenvalue weighted by atomic mass is 10.2. The maximum atomic E-state index is 5.86. The van der Waals surface area contributed by atoms with Gasteiger partial charge in [-0.3, -0.25) is 4.57 Å². The molecule has 2 aromatic carbocycles. The fraction of sp³-hybridized carbons (Fsp3) is 0.0667. The molecule has 0 radical (unpaired) electrons. The third-order valence-electron chi connectivity index (χ3n) is 3.04. The van der Waals surface area contributed by atoms with Gasteiger partial charge in [0.15, 0.2) is 0 Å². The number of nitrogens with one attached hydrogen (secondary N) is 1. The second-order valence-corrected chi connectivity index (χ2v) is 4.48. The molecule has 3 N–H and O–H groups in total. The maximum absolute atomic E-state index is 5.86. The summed E-state index contributed by atoms with van der Waals surface area (Å²) >= 11 is 0. The van der Waals surface area contributed by atoms with Gasteiger partial charge in [-0.05, 0) is 23.8 Å². The van der Waals surface area contributed by atoms with Crippen molar-refractivity contribution in [1.29, 1.82) is 0 Å². The third kappa shape index (κ3) is 2.61. The SMILES string of the molecule is Nc1ccc(NCc2ccccc2)c(-n2cnnc2)c1. The van der Waals surface area contributed by atoms with E-state index in [9.17, 15) is 0 Å². The average Bonchev–Trinajstić information content (AvgIpc) is 3.01. The summed E-state index contributed by atoms with van der Waals surface area (Å²) in [6.45, 7) is 0.750. The molecule has 20 heavy (non-hydrogen) atoms. The number of nitrogens with two attached hydrogens (primary N) is 1. The quantitative estimate of drug-likeness (QED) is 0.711. The van der Waals surface area contributed by atoms with E-state index in [1.807, 2.05) is 41.0 Å². The number of anilines is 2. The molecule has 0 fully saturated rings. The van der Waals surface area contributed by atoms with Gasteiger partial charge in [-0.25, -0.2) is 0 Å². The van der Waals surface area contributed by atoms with Gasteiger partial charge in [-0.1, -0.05) is 30.3 Å². The predicted octanol–water partition coefficient (Wildman–Crippen LogP) is 2.46. The fourth-order valence-corrected chi connectivity index (χ4v) is 2.03. The van der Waals surface area contributed by atoms with Crippen LogP contribution in [0.25, 0.3) is 5.69 Å². The minimum atomic E-state index is 0.707. The number of hydrogen-bond acceptors (Lipinski definition) is 4. The van der Waals surface area contributed by atoms with Crippen molar-refractivity contribution in [3.05, 3.63) is 66.7 Å². The molecule has 0 unspecified atom stereocenters. The molecule has 0 aliphatic heterocycles. The first-order valence-corrected chi connectivity index (χ1v) is 6.35. The minimum absolute atomic E-state index is 0.707. The Labute approximate surface area is 117 Å². The molecule has 0 bridgehead atoms. The zero-order valence-electron chi connectivity index (χ0n) is 10.9. The smallest absolute Gasteiger partial charge is 0.123 e. The van der Waals surface area contributed by atoms with Crippen LogP contribution in [0.2, 0.25) is 0 Å². The van der Waals surface area contributed by atoms with Gasteiger partial charge in [0.1, 0.15) is 12.7 Å². The Kier molecular flexibility index (Phi) is 3.33. The molecule has 3 aromatic rings. The zero-order chi connectivity index (χ0) is 13.8. The summed E-state index contributed by atoms with van der Waals surface area (Å²) in [4.78, 5) is 0. The molecule has 1 aromatic heterocycles. The monoisotopic (exact) mass is 265 g/mol. The van der Waals surface area contributed by atoms with Crippen LogP contribution in [0.5, 0.6) is 0 Å². The summed E-state index contributed by atoms with van der Waals surface area (Å²) < 4.78 is 1.84. The van der Waals surface area contributed by atoms with Crippen LogP contribution in [-0.4, -0.2) is 14.8 Å². The number of nitrogens with zero attached hydrogens (tertiary/aromatic N) is 3. The molecule has 0 amide bonds. The standard InChI is InChI=1S/C15H15N5/c16-13-6-7-14(15(8-13)20-10-18-19-11-20)17-9-12-4-2-1-3-5-12/h1-8,10-11,17H,9,16H2. The van der Waals surface area contributed by atoms with E-state index in [-0.39, 0.29) is 0 Å². The lowest BCUT2D eigenvalue weighted by molar-refractivity contribution is 1.04. The first-order chi connectivity index (χ1) is 9.83. The van der Waals surface area contributed by atoms with E-state index in [1.165, 1.54) is 5.56 Å². The Morgan fingerprint density at radius 1 is 1.00 bits per heavy atom. The Morgan fingerprint density at radius 2 is 1.75 bits per heavy atom. The summed E-state index contributed by atoms with van der Waals surface area (Å²) in [7, 11) is 0. The van der Waals surface area contributed by atoms with E-state index in [0.29, 0.717) is 5.69 Å². The lowest BCUT2D eigenvalue weighted by Crippen LogP contribution is -2.04.